The van der Waals surface area contributed by atoms with Gasteiger partial charge in [-0.15, -0.1) is 0 Å². The fraction of sp³-hybridized carbons (Fsp3) is 0.320. The summed E-state index contributed by atoms with van der Waals surface area (Å²) in [6.45, 7) is 4.68. The molecular formula is C25H32N6O2. The molecule has 33 heavy (non-hydrogen) atoms. The second kappa shape index (κ2) is 12.3. The number of guanidine groups is 1. The molecule has 8 nitrogen and oxygen atoms in total. The highest BCUT2D eigenvalue weighted by molar-refractivity contribution is 5.79. The third kappa shape index (κ3) is 7.68. The summed E-state index contributed by atoms with van der Waals surface area (Å²) in [5.41, 5.74) is 3.40. The van der Waals surface area contributed by atoms with Crippen molar-refractivity contribution in [2.24, 2.45) is 4.99 Å². The van der Waals surface area contributed by atoms with Crippen LogP contribution < -0.4 is 15.4 Å². The molecule has 0 unspecified atom stereocenters. The summed E-state index contributed by atoms with van der Waals surface area (Å²) in [6, 6.07) is 17.9. The Labute approximate surface area is 195 Å². The number of nitrogens with one attached hydrogen (secondary N) is 2. The molecule has 0 aliphatic carbocycles. The number of ether oxygens (including phenoxy) is 1. The number of carbonyl (C=O) groups excluding carboxylic acids is 1. The Balaban J connectivity index is 1.61. The first-order chi connectivity index (χ1) is 16.0. The molecule has 0 radical (unpaired) electrons. The smallest absolute Gasteiger partial charge is 0.259 e. The van der Waals surface area contributed by atoms with E-state index in [0.29, 0.717) is 18.8 Å². The number of nitrogens with zero attached hydrogens (tertiary/aromatic N) is 4. The van der Waals surface area contributed by atoms with Crippen molar-refractivity contribution >= 4 is 11.9 Å². The molecule has 0 bridgehead atoms. The van der Waals surface area contributed by atoms with Gasteiger partial charge in [0.15, 0.2) is 12.6 Å². The number of carbonyl (C=O) groups is 1. The molecule has 174 valence electrons. The molecule has 0 aliphatic rings. The fourth-order valence-electron chi connectivity index (χ4n) is 3.15. The van der Waals surface area contributed by atoms with Gasteiger partial charge in [-0.05, 0) is 41.8 Å². The van der Waals surface area contributed by atoms with Gasteiger partial charge in [0.1, 0.15) is 5.75 Å². The summed E-state index contributed by atoms with van der Waals surface area (Å²) in [6.07, 6.45) is 3.75. The van der Waals surface area contributed by atoms with Crippen LogP contribution in [-0.2, 0) is 24.4 Å². The lowest BCUT2D eigenvalue weighted by atomic mass is 10.1. The van der Waals surface area contributed by atoms with E-state index in [1.165, 1.54) is 16.0 Å². The number of hydrogen-bond donors (Lipinski definition) is 2. The Kier molecular flexibility index (Phi) is 8.88. The molecule has 0 fully saturated rings. The highest BCUT2D eigenvalue weighted by Crippen LogP contribution is 2.14. The Hall–Kier alpha value is -3.81. The zero-order chi connectivity index (χ0) is 23.5. The third-order valence-electron chi connectivity index (χ3n) is 4.98. The van der Waals surface area contributed by atoms with Crippen molar-refractivity contribution in [3.05, 3.63) is 83.7 Å². The molecule has 1 aromatic heterocycles. The predicted octanol–water partition coefficient (Wildman–Crippen LogP) is 2.65. The van der Waals surface area contributed by atoms with E-state index in [-0.39, 0.29) is 12.5 Å². The van der Waals surface area contributed by atoms with Crippen LogP contribution in [0.15, 0.2) is 72.0 Å². The van der Waals surface area contributed by atoms with Gasteiger partial charge < -0.3 is 20.3 Å². The maximum absolute atomic E-state index is 11.7. The van der Waals surface area contributed by atoms with Gasteiger partial charge in [-0.2, -0.15) is 5.10 Å². The molecule has 0 atom stereocenters. The van der Waals surface area contributed by atoms with E-state index in [2.05, 4.69) is 27.9 Å². The molecule has 1 amide bonds. The molecule has 0 spiro atoms. The molecule has 2 N–H and O–H groups in total. The van der Waals surface area contributed by atoms with E-state index >= 15 is 0 Å². The Morgan fingerprint density at radius 2 is 1.91 bits per heavy atom. The van der Waals surface area contributed by atoms with Crippen molar-refractivity contribution in [3.63, 3.8) is 0 Å². The fourth-order valence-corrected chi connectivity index (χ4v) is 3.15. The zero-order valence-corrected chi connectivity index (χ0v) is 19.5. The zero-order valence-electron chi connectivity index (χ0n) is 19.5. The van der Waals surface area contributed by atoms with Crippen molar-refractivity contribution in [2.75, 3.05) is 27.2 Å². The summed E-state index contributed by atoms with van der Waals surface area (Å²) in [7, 11) is 3.42. The van der Waals surface area contributed by atoms with Crippen molar-refractivity contribution in [1.29, 1.82) is 0 Å². The average molecular weight is 449 g/mol. The van der Waals surface area contributed by atoms with Crippen LogP contribution in [0.1, 0.15) is 23.6 Å². The standard InChI is InChI=1S/C25H32N6O2/c1-4-26-25(27-16-20-9-7-12-23(15-20)33-19-24(32)30(2)3)28-17-21-10-5-6-11-22(21)18-31-14-8-13-29-31/h5-15H,4,16-19H2,1-3H3,(H2,26,27,28). The quantitative estimate of drug-likeness (QED) is 0.368. The van der Waals surface area contributed by atoms with Crippen LogP contribution in [0, 0.1) is 0 Å². The Bertz CT molecular complexity index is 1050. The van der Waals surface area contributed by atoms with Gasteiger partial charge in [-0.25, -0.2) is 4.99 Å². The van der Waals surface area contributed by atoms with Gasteiger partial charge >= 0.3 is 0 Å². The molecule has 8 heteroatoms. The number of hydrogen-bond acceptors (Lipinski definition) is 4. The lowest BCUT2D eigenvalue weighted by molar-refractivity contribution is -0.130. The number of likely N-dealkylation sites (N-methyl/N-ethyl adjacent to an activating group) is 1. The van der Waals surface area contributed by atoms with Gasteiger partial charge in [0.05, 0.1) is 13.1 Å². The van der Waals surface area contributed by atoms with Crippen molar-refractivity contribution in [2.45, 2.75) is 26.6 Å². The number of benzene rings is 2. The monoisotopic (exact) mass is 448 g/mol. The summed E-state index contributed by atoms with van der Waals surface area (Å²) in [5.74, 6) is 1.31. The van der Waals surface area contributed by atoms with Gasteiger partial charge in [0.25, 0.3) is 5.91 Å². The van der Waals surface area contributed by atoms with Gasteiger partial charge in [-0.1, -0.05) is 36.4 Å². The first-order valence-corrected chi connectivity index (χ1v) is 11.0. The SMILES string of the molecule is CCNC(=NCc1cccc(OCC(=O)N(C)C)c1)NCc1ccccc1Cn1cccn1. The second-order valence-electron chi connectivity index (χ2n) is 7.75. The number of aliphatic imine (C=N–C) groups is 1. The minimum Gasteiger partial charge on any atom is -0.484 e. The Morgan fingerprint density at radius 1 is 1.09 bits per heavy atom. The molecule has 0 aliphatic heterocycles. The summed E-state index contributed by atoms with van der Waals surface area (Å²) in [4.78, 5) is 18.0. The first-order valence-electron chi connectivity index (χ1n) is 11.0. The van der Waals surface area contributed by atoms with Gasteiger partial charge in [-0.3, -0.25) is 9.48 Å². The molecule has 0 saturated heterocycles. The minimum atomic E-state index is -0.0788. The summed E-state index contributed by atoms with van der Waals surface area (Å²) < 4.78 is 7.52. The number of rotatable bonds is 10. The number of amides is 1. The highest BCUT2D eigenvalue weighted by Gasteiger charge is 2.07. The van der Waals surface area contributed by atoms with Crippen LogP contribution in [0.2, 0.25) is 0 Å². The van der Waals surface area contributed by atoms with E-state index in [4.69, 9.17) is 9.73 Å². The number of aromatic nitrogens is 2. The maximum Gasteiger partial charge on any atom is 0.259 e. The van der Waals surface area contributed by atoms with Gasteiger partial charge in [0, 0.05) is 39.6 Å². The lowest BCUT2D eigenvalue weighted by Crippen LogP contribution is -2.37. The molecular weight excluding hydrogens is 416 g/mol. The minimum absolute atomic E-state index is 0.0157. The topological polar surface area (TPSA) is 83.8 Å². The van der Waals surface area contributed by atoms with Crippen LogP contribution in [0.25, 0.3) is 0 Å². The predicted molar refractivity (Wildman–Crippen MR) is 130 cm³/mol. The average Bonchev–Trinajstić information content (AvgIpc) is 3.33. The summed E-state index contributed by atoms with van der Waals surface area (Å²) in [5, 5.41) is 11.0. The lowest BCUT2D eigenvalue weighted by Gasteiger charge is -2.14. The largest absolute Gasteiger partial charge is 0.484 e. The first kappa shape index (κ1) is 23.8. The van der Waals surface area contributed by atoms with E-state index < -0.39 is 0 Å². The van der Waals surface area contributed by atoms with Crippen LogP contribution in [0.3, 0.4) is 0 Å². The molecule has 3 aromatic rings. The van der Waals surface area contributed by atoms with Crippen LogP contribution >= 0.6 is 0 Å². The van der Waals surface area contributed by atoms with E-state index in [9.17, 15) is 4.79 Å². The molecule has 1 heterocycles. The van der Waals surface area contributed by atoms with E-state index in [0.717, 1.165) is 24.6 Å². The van der Waals surface area contributed by atoms with E-state index in [1.54, 1.807) is 20.3 Å². The summed E-state index contributed by atoms with van der Waals surface area (Å²) >= 11 is 0. The highest BCUT2D eigenvalue weighted by atomic mass is 16.5. The second-order valence-corrected chi connectivity index (χ2v) is 7.75. The van der Waals surface area contributed by atoms with Crippen LogP contribution in [0.5, 0.6) is 5.75 Å². The maximum atomic E-state index is 11.7. The normalized spacial score (nSPS) is 11.2. The van der Waals surface area contributed by atoms with Crippen LogP contribution in [-0.4, -0.2) is 53.8 Å². The van der Waals surface area contributed by atoms with Crippen LogP contribution in [0.4, 0.5) is 0 Å². The molecule has 0 saturated carbocycles. The third-order valence-corrected chi connectivity index (χ3v) is 4.98. The van der Waals surface area contributed by atoms with Crippen molar-refractivity contribution in [1.82, 2.24) is 25.3 Å². The molecule has 2 aromatic carbocycles. The van der Waals surface area contributed by atoms with E-state index in [1.807, 2.05) is 60.3 Å². The molecule has 3 rings (SSSR count). The van der Waals surface area contributed by atoms with Crippen molar-refractivity contribution in [3.8, 4) is 5.75 Å². The Morgan fingerprint density at radius 3 is 2.64 bits per heavy atom. The van der Waals surface area contributed by atoms with Crippen molar-refractivity contribution < 1.29 is 9.53 Å². The van der Waals surface area contributed by atoms with Gasteiger partial charge in [0.2, 0.25) is 0 Å².